The highest BCUT2D eigenvalue weighted by Crippen LogP contribution is 2.31. The van der Waals surface area contributed by atoms with Crippen LogP contribution in [0.3, 0.4) is 0 Å². The topological polar surface area (TPSA) is 90.0 Å². The molecule has 3 heterocycles. The van der Waals surface area contributed by atoms with Gasteiger partial charge in [-0.25, -0.2) is 0 Å². The van der Waals surface area contributed by atoms with Crippen LogP contribution in [0.5, 0.6) is 0 Å². The summed E-state index contributed by atoms with van der Waals surface area (Å²) in [6, 6.07) is 4.34. The van der Waals surface area contributed by atoms with Crippen LogP contribution in [0.25, 0.3) is 0 Å². The summed E-state index contributed by atoms with van der Waals surface area (Å²) in [6.07, 6.45) is 0.324. The van der Waals surface area contributed by atoms with Crippen LogP contribution in [0, 0.1) is 0 Å². The number of piperazine rings is 1. The highest BCUT2D eigenvalue weighted by Gasteiger charge is 2.46. The highest BCUT2D eigenvalue weighted by molar-refractivity contribution is 6.23. The largest absolute Gasteiger partial charge is 0.369 e. The molecule has 3 aliphatic heterocycles. The highest BCUT2D eigenvalue weighted by atomic mass is 16.2. The standard InChI is InChI=1S/C18H20N4O4/c1-20-15(23)5-4-14(18(20)26)22-16(24)12-3-2-11(10-13(12)17(22)25)21-8-6-19-7-9-21/h2-3,10,14,19H,4-9H2,1H3. The first-order chi connectivity index (χ1) is 12.5. The Morgan fingerprint density at radius 1 is 1.00 bits per heavy atom. The third-order valence-electron chi connectivity index (χ3n) is 5.32. The van der Waals surface area contributed by atoms with E-state index in [-0.39, 0.29) is 18.7 Å². The van der Waals surface area contributed by atoms with Crippen LogP contribution < -0.4 is 10.2 Å². The maximum Gasteiger partial charge on any atom is 0.262 e. The van der Waals surface area contributed by atoms with Gasteiger partial charge in [0.25, 0.3) is 17.7 Å². The predicted octanol–water partition coefficient (Wildman–Crippen LogP) is -0.160. The molecule has 0 aromatic heterocycles. The van der Waals surface area contributed by atoms with Crippen molar-refractivity contribution in [2.24, 2.45) is 0 Å². The van der Waals surface area contributed by atoms with Crippen LogP contribution in [0.15, 0.2) is 18.2 Å². The number of rotatable bonds is 2. The lowest BCUT2D eigenvalue weighted by Crippen LogP contribution is -2.54. The minimum atomic E-state index is -0.910. The molecule has 0 aliphatic carbocycles. The summed E-state index contributed by atoms with van der Waals surface area (Å²) in [5, 5.41) is 3.27. The second kappa shape index (κ2) is 6.21. The Morgan fingerprint density at radius 2 is 1.69 bits per heavy atom. The molecule has 26 heavy (non-hydrogen) atoms. The average Bonchev–Trinajstić information content (AvgIpc) is 2.91. The van der Waals surface area contributed by atoms with Gasteiger partial charge in [-0.15, -0.1) is 0 Å². The van der Waals surface area contributed by atoms with Crippen molar-refractivity contribution >= 4 is 29.3 Å². The molecule has 0 spiro atoms. The Balaban J connectivity index is 1.64. The summed E-state index contributed by atoms with van der Waals surface area (Å²) in [5.74, 6) is -1.71. The Kier molecular flexibility index (Phi) is 3.99. The monoisotopic (exact) mass is 356 g/mol. The number of hydrogen-bond donors (Lipinski definition) is 1. The van der Waals surface area contributed by atoms with Gasteiger partial charge in [-0.3, -0.25) is 29.0 Å². The first-order valence-electron chi connectivity index (χ1n) is 8.77. The number of hydrogen-bond acceptors (Lipinski definition) is 6. The van der Waals surface area contributed by atoms with Gasteiger partial charge in [0.1, 0.15) is 6.04 Å². The van der Waals surface area contributed by atoms with E-state index in [2.05, 4.69) is 10.2 Å². The van der Waals surface area contributed by atoms with E-state index in [1.54, 1.807) is 12.1 Å². The van der Waals surface area contributed by atoms with Crippen LogP contribution in [-0.4, -0.2) is 72.7 Å². The smallest absolute Gasteiger partial charge is 0.262 e. The second-order valence-electron chi connectivity index (χ2n) is 6.79. The van der Waals surface area contributed by atoms with Crippen molar-refractivity contribution in [2.75, 3.05) is 38.1 Å². The van der Waals surface area contributed by atoms with Gasteiger partial charge in [0.15, 0.2) is 0 Å². The summed E-state index contributed by atoms with van der Waals surface area (Å²) < 4.78 is 0. The first-order valence-corrected chi connectivity index (χ1v) is 8.77. The fourth-order valence-corrected chi connectivity index (χ4v) is 3.79. The molecule has 1 unspecified atom stereocenters. The van der Waals surface area contributed by atoms with Gasteiger partial charge in [0.05, 0.1) is 11.1 Å². The van der Waals surface area contributed by atoms with E-state index >= 15 is 0 Å². The van der Waals surface area contributed by atoms with E-state index in [1.165, 1.54) is 7.05 Å². The average molecular weight is 356 g/mol. The van der Waals surface area contributed by atoms with Crippen LogP contribution in [0.4, 0.5) is 5.69 Å². The van der Waals surface area contributed by atoms with Crippen LogP contribution >= 0.6 is 0 Å². The molecule has 8 nitrogen and oxygen atoms in total. The van der Waals surface area contributed by atoms with E-state index in [4.69, 9.17) is 0 Å². The zero-order valence-electron chi connectivity index (χ0n) is 14.5. The zero-order valence-corrected chi connectivity index (χ0v) is 14.5. The van der Waals surface area contributed by atoms with Crippen molar-refractivity contribution in [3.8, 4) is 0 Å². The second-order valence-corrected chi connectivity index (χ2v) is 6.79. The summed E-state index contributed by atoms with van der Waals surface area (Å²) in [5.41, 5.74) is 1.55. The minimum Gasteiger partial charge on any atom is -0.369 e. The number of anilines is 1. The lowest BCUT2D eigenvalue weighted by Gasteiger charge is -2.32. The predicted molar refractivity (Wildman–Crippen MR) is 92.8 cm³/mol. The fourth-order valence-electron chi connectivity index (χ4n) is 3.79. The molecular weight excluding hydrogens is 336 g/mol. The number of nitrogens with one attached hydrogen (secondary N) is 1. The molecule has 3 aliphatic rings. The van der Waals surface area contributed by atoms with Crippen LogP contribution in [0.2, 0.25) is 0 Å². The van der Waals surface area contributed by atoms with Gasteiger partial charge in [-0.05, 0) is 24.6 Å². The lowest BCUT2D eigenvalue weighted by molar-refractivity contribution is -0.149. The number of likely N-dealkylation sites (N-methyl/N-ethyl adjacent to an activating group) is 1. The molecule has 1 N–H and O–H groups in total. The summed E-state index contributed by atoms with van der Waals surface area (Å²) in [7, 11) is 1.39. The summed E-state index contributed by atoms with van der Waals surface area (Å²) in [4.78, 5) is 53.9. The van der Waals surface area contributed by atoms with Gasteiger partial charge in [0, 0.05) is 45.3 Å². The molecule has 4 rings (SSSR count). The van der Waals surface area contributed by atoms with E-state index in [0.717, 1.165) is 41.7 Å². The molecule has 1 aromatic rings. The lowest BCUT2D eigenvalue weighted by atomic mass is 10.0. The molecule has 1 aromatic carbocycles. The molecule has 2 saturated heterocycles. The van der Waals surface area contributed by atoms with Crippen LogP contribution in [-0.2, 0) is 9.59 Å². The third kappa shape index (κ3) is 2.48. The number of fused-ring (bicyclic) bond motifs is 1. The Bertz CT molecular complexity index is 815. The number of nitrogens with zero attached hydrogens (tertiary/aromatic N) is 3. The zero-order chi connectivity index (χ0) is 18.4. The Hall–Kier alpha value is -2.74. The van der Waals surface area contributed by atoms with E-state index < -0.39 is 23.8 Å². The maximum atomic E-state index is 12.9. The van der Waals surface area contributed by atoms with Crippen molar-refractivity contribution in [1.29, 1.82) is 0 Å². The van der Waals surface area contributed by atoms with Gasteiger partial charge >= 0.3 is 0 Å². The number of imide groups is 2. The molecule has 4 amide bonds. The summed E-state index contributed by atoms with van der Waals surface area (Å²) >= 11 is 0. The van der Waals surface area contributed by atoms with Crippen molar-refractivity contribution in [2.45, 2.75) is 18.9 Å². The maximum absolute atomic E-state index is 12.9. The van der Waals surface area contributed by atoms with Crippen molar-refractivity contribution in [3.63, 3.8) is 0 Å². The quantitative estimate of drug-likeness (QED) is 0.741. The molecular formula is C18H20N4O4. The number of piperidine rings is 1. The fraction of sp³-hybridized carbons (Fsp3) is 0.444. The number of carbonyl (C=O) groups excluding carboxylic acids is 4. The minimum absolute atomic E-state index is 0.145. The van der Waals surface area contributed by atoms with Crippen molar-refractivity contribution in [1.82, 2.24) is 15.1 Å². The number of likely N-dealkylation sites (tertiary alicyclic amines) is 1. The van der Waals surface area contributed by atoms with Crippen molar-refractivity contribution < 1.29 is 19.2 Å². The number of amides is 4. The number of carbonyl (C=O) groups is 4. The van der Waals surface area contributed by atoms with Gasteiger partial charge < -0.3 is 10.2 Å². The molecule has 0 saturated carbocycles. The van der Waals surface area contributed by atoms with E-state index in [1.807, 2.05) is 6.07 Å². The molecule has 0 radical (unpaired) electrons. The van der Waals surface area contributed by atoms with Gasteiger partial charge in [0.2, 0.25) is 5.91 Å². The van der Waals surface area contributed by atoms with Gasteiger partial charge in [-0.2, -0.15) is 0 Å². The number of benzene rings is 1. The first kappa shape index (κ1) is 16.7. The third-order valence-corrected chi connectivity index (χ3v) is 5.32. The van der Waals surface area contributed by atoms with Gasteiger partial charge in [-0.1, -0.05) is 0 Å². The molecule has 1 atom stereocenters. The summed E-state index contributed by atoms with van der Waals surface area (Å²) in [6.45, 7) is 3.40. The van der Waals surface area contributed by atoms with Crippen molar-refractivity contribution in [3.05, 3.63) is 29.3 Å². The van der Waals surface area contributed by atoms with E-state index in [9.17, 15) is 19.2 Å². The van der Waals surface area contributed by atoms with Crippen LogP contribution in [0.1, 0.15) is 33.6 Å². The van der Waals surface area contributed by atoms with E-state index in [0.29, 0.717) is 11.1 Å². The Morgan fingerprint density at radius 3 is 2.42 bits per heavy atom. The normalized spacial score (nSPS) is 23.7. The molecule has 0 bridgehead atoms. The SMILES string of the molecule is CN1C(=O)CCC(N2C(=O)c3ccc(N4CCNCC4)cc3C2=O)C1=O. The molecule has 8 heteroatoms. The molecule has 136 valence electrons. The Labute approximate surface area is 150 Å². The molecule has 2 fully saturated rings.